The van der Waals surface area contributed by atoms with Crippen molar-refractivity contribution in [3.05, 3.63) is 28.0 Å². The first-order chi connectivity index (χ1) is 13.8. The van der Waals surface area contributed by atoms with Crippen LogP contribution >= 0.6 is 11.6 Å². The molecule has 2 aliphatic heterocycles. The van der Waals surface area contributed by atoms with Gasteiger partial charge in [0.25, 0.3) is 0 Å². The first kappa shape index (κ1) is 22.7. The fourth-order valence-electron chi connectivity index (χ4n) is 4.23. The number of benzene rings is 1. The van der Waals surface area contributed by atoms with E-state index >= 15 is 0 Å². The number of fused-ring (bicyclic) bond motifs is 1. The Morgan fingerprint density at radius 3 is 2.47 bits per heavy atom. The fraction of sp³-hybridized carbons (Fsp3) is 0.636. The molecule has 0 saturated carbocycles. The molecule has 1 aromatic rings. The van der Waals surface area contributed by atoms with E-state index in [4.69, 9.17) is 21.1 Å². The van der Waals surface area contributed by atoms with Crippen LogP contribution in [0.2, 0.25) is 5.02 Å². The van der Waals surface area contributed by atoms with E-state index in [1.807, 2.05) is 13.8 Å². The minimum Gasteiger partial charge on any atom is -0.487 e. The molecule has 30 heavy (non-hydrogen) atoms. The summed E-state index contributed by atoms with van der Waals surface area (Å²) in [4.78, 5) is 26.0. The van der Waals surface area contributed by atoms with Gasteiger partial charge in [0.1, 0.15) is 22.8 Å². The summed E-state index contributed by atoms with van der Waals surface area (Å²) in [5.41, 5.74) is -0.546. The normalized spacial score (nSPS) is 19.8. The van der Waals surface area contributed by atoms with Crippen molar-refractivity contribution in [3.63, 3.8) is 0 Å². The number of hydrogen-bond donors (Lipinski definition) is 1. The van der Waals surface area contributed by atoms with Crippen LogP contribution in [0.5, 0.6) is 5.75 Å². The van der Waals surface area contributed by atoms with E-state index in [1.54, 1.807) is 31.7 Å². The van der Waals surface area contributed by atoms with E-state index in [2.05, 4.69) is 0 Å². The van der Waals surface area contributed by atoms with Crippen LogP contribution in [0, 0.1) is 11.7 Å². The number of carbonyl (C=O) groups excluding carboxylic acids is 1. The van der Waals surface area contributed by atoms with Crippen LogP contribution in [0.25, 0.3) is 0 Å². The van der Waals surface area contributed by atoms with Crippen molar-refractivity contribution < 1.29 is 28.6 Å². The maximum atomic E-state index is 14.9. The third-order valence-electron chi connectivity index (χ3n) is 5.55. The number of hydrogen-bond acceptors (Lipinski definition) is 4. The molecule has 1 amide bonds. The SMILES string of the molecule is CC(C)(C)OC(=O)N1CCC([C@H](C(=O)O)c2cc3c(c(F)c2Cl)CC(C)(C)O3)CC1. The lowest BCUT2D eigenvalue weighted by atomic mass is 9.79. The third kappa shape index (κ3) is 4.66. The highest BCUT2D eigenvalue weighted by molar-refractivity contribution is 6.32. The number of ether oxygens (including phenoxy) is 2. The molecular formula is C22H29ClFNO5. The van der Waals surface area contributed by atoms with E-state index in [0.717, 1.165) is 0 Å². The predicted molar refractivity (Wildman–Crippen MR) is 111 cm³/mol. The standard InChI is InChI=1S/C22H29ClFNO5/c1-21(2,3)30-20(28)25-8-6-12(7-9-25)16(19(26)27)13-10-15-14(18(24)17(13)23)11-22(4,5)29-15/h10,12,16H,6-9,11H2,1-5H3,(H,26,27)/t16-/m0/s1. The molecule has 0 aliphatic carbocycles. The van der Waals surface area contributed by atoms with Gasteiger partial charge in [0, 0.05) is 25.1 Å². The maximum absolute atomic E-state index is 14.9. The Labute approximate surface area is 181 Å². The van der Waals surface area contributed by atoms with Crippen LogP contribution in [-0.2, 0) is 16.0 Å². The highest BCUT2D eigenvalue weighted by Crippen LogP contribution is 2.45. The van der Waals surface area contributed by atoms with Crippen LogP contribution < -0.4 is 4.74 Å². The minimum absolute atomic E-state index is 0.156. The summed E-state index contributed by atoms with van der Waals surface area (Å²) >= 11 is 6.30. The zero-order valence-electron chi connectivity index (χ0n) is 18.1. The molecule has 1 fully saturated rings. The lowest BCUT2D eigenvalue weighted by Crippen LogP contribution is -2.43. The summed E-state index contributed by atoms with van der Waals surface area (Å²) < 4.78 is 26.2. The summed E-state index contributed by atoms with van der Waals surface area (Å²) in [6, 6.07) is 1.58. The molecule has 1 N–H and O–H groups in total. The largest absolute Gasteiger partial charge is 0.487 e. The lowest BCUT2D eigenvalue weighted by Gasteiger charge is -2.35. The van der Waals surface area contributed by atoms with E-state index in [1.165, 1.54) is 0 Å². The molecular weight excluding hydrogens is 413 g/mol. The van der Waals surface area contributed by atoms with Crippen LogP contribution in [0.15, 0.2) is 6.07 Å². The smallest absolute Gasteiger partial charge is 0.410 e. The molecule has 8 heteroatoms. The summed E-state index contributed by atoms with van der Waals surface area (Å²) in [7, 11) is 0. The van der Waals surface area contributed by atoms with Gasteiger partial charge in [-0.1, -0.05) is 11.6 Å². The van der Waals surface area contributed by atoms with Crippen molar-refractivity contribution in [1.82, 2.24) is 4.90 Å². The van der Waals surface area contributed by atoms with Gasteiger partial charge in [-0.05, 0) is 65.0 Å². The minimum atomic E-state index is -1.07. The highest BCUT2D eigenvalue weighted by atomic mass is 35.5. The molecule has 0 aromatic heterocycles. The zero-order valence-corrected chi connectivity index (χ0v) is 18.8. The molecule has 0 spiro atoms. The van der Waals surface area contributed by atoms with Crippen LogP contribution in [-0.4, -0.2) is 46.4 Å². The molecule has 1 atom stereocenters. The Hall–Kier alpha value is -2.02. The fourth-order valence-corrected chi connectivity index (χ4v) is 4.52. The predicted octanol–water partition coefficient (Wildman–Crippen LogP) is 5.01. The third-order valence-corrected chi connectivity index (χ3v) is 5.93. The van der Waals surface area contributed by atoms with Crippen molar-refractivity contribution in [3.8, 4) is 5.75 Å². The Morgan fingerprint density at radius 1 is 1.33 bits per heavy atom. The number of carbonyl (C=O) groups is 2. The Balaban J connectivity index is 1.81. The number of carboxylic acids is 1. The summed E-state index contributed by atoms with van der Waals surface area (Å²) in [6.45, 7) is 9.83. The molecule has 6 nitrogen and oxygen atoms in total. The second kappa shape index (κ2) is 7.91. The van der Waals surface area contributed by atoms with Gasteiger partial charge >= 0.3 is 12.1 Å². The lowest BCUT2D eigenvalue weighted by molar-refractivity contribution is -0.140. The van der Waals surface area contributed by atoms with Crippen LogP contribution in [0.4, 0.5) is 9.18 Å². The number of likely N-dealkylation sites (tertiary alicyclic amines) is 1. The van der Waals surface area contributed by atoms with Crippen LogP contribution in [0.1, 0.15) is 64.5 Å². The molecule has 2 heterocycles. The molecule has 1 aromatic carbocycles. The van der Waals surface area contributed by atoms with Crippen molar-refractivity contribution >= 4 is 23.7 Å². The van der Waals surface area contributed by atoms with Crippen molar-refractivity contribution in [2.75, 3.05) is 13.1 Å². The summed E-state index contributed by atoms with van der Waals surface area (Å²) in [5, 5.41) is 9.79. The van der Waals surface area contributed by atoms with E-state index in [0.29, 0.717) is 43.7 Å². The van der Waals surface area contributed by atoms with Gasteiger partial charge in [0.05, 0.1) is 10.9 Å². The molecule has 0 unspecified atom stereocenters. The molecule has 3 rings (SSSR count). The van der Waals surface area contributed by atoms with Gasteiger partial charge < -0.3 is 19.5 Å². The second-order valence-corrected chi connectivity index (χ2v) is 10.1. The number of aliphatic carboxylic acids is 1. The Morgan fingerprint density at radius 2 is 1.93 bits per heavy atom. The number of amides is 1. The molecule has 0 radical (unpaired) electrons. The van der Waals surface area contributed by atoms with Gasteiger partial charge in [0.15, 0.2) is 0 Å². The molecule has 166 valence electrons. The number of piperidine rings is 1. The highest BCUT2D eigenvalue weighted by Gasteiger charge is 2.40. The first-order valence-corrected chi connectivity index (χ1v) is 10.6. The monoisotopic (exact) mass is 441 g/mol. The molecule has 1 saturated heterocycles. The number of rotatable bonds is 3. The zero-order chi connectivity index (χ0) is 22.4. The van der Waals surface area contributed by atoms with Gasteiger partial charge in [-0.3, -0.25) is 4.79 Å². The number of halogens is 2. The topological polar surface area (TPSA) is 76.1 Å². The van der Waals surface area contributed by atoms with Crippen molar-refractivity contribution in [2.45, 2.75) is 71.0 Å². The maximum Gasteiger partial charge on any atom is 0.410 e. The van der Waals surface area contributed by atoms with E-state index in [9.17, 15) is 19.1 Å². The van der Waals surface area contributed by atoms with Crippen molar-refractivity contribution in [1.29, 1.82) is 0 Å². The Bertz CT molecular complexity index is 856. The van der Waals surface area contributed by atoms with Gasteiger partial charge in [-0.2, -0.15) is 0 Å². The van der Waals surface area contributed by atoms with Crippen molar-refractivity contribution in [2.24, 2.45) is 5.92 Å². The van der Waals surface area contributed by atoms with E-state index < -0.39 is 35.0 Å². The van der Waals surface area contributed by atoms with Gasteiger partial charge in [0.2, 0.25) is 0 Å². The molecule has 0 bridgehead atoms. The number of carboxylic acid groups (broad SMARTS) is 1. The first-order valence-electron chi connectivity index (χ1n) is 10.2. The number of nitrogens with zero attached hydrogens (tertiary/aromatic N) is 1. The van der Waals surface area contributed by atoms with Gasteiger partial charge in [-0.25, -0.2) is 9.18 Å². The average molecular weight is 442 g/mol. The Kier molecular flexibility index (Phi) is 5.98. The summed E-state index contributed by atoms with van der Waals surface area (Å²) in [5.74, 6) is -2.58. The summed E-state index contributed by atoms with van der Waals surface area (Å²) in [6.07, 6.45) is 0.875. The van der Waals surface area contributed by atoms with Crippen LogP contribution in [0.3, 0.4) is 0 Å². The molecule has 2 aliphatic rings. The average Bonchev–Trinajstić information content (AvgIpc) is 2.93. The second-order valence-electron chi connectivity index (χ2n) is 9.73. The quantitative estimate of drug-likeness (QED) is 0.713. The van der Waals surface area contributed by atoms with Gasteiger partial charge in [-0.15, -0.1) is 0 Å². The van der Waals surface area contributed by atoms with E-state index in [-0.39, 0.29) is 16.5 Å².